The molecule has 0 spiro atoms. The van der Waals surface area contributed by atoms with Crippen molar-refractivity contribution < 1.29 is 15.0 Å². The lowest BCUT2D eigenvalue weighted by molar-refractivity contribution is 0.0956. The maximum atomic E-state index is 12.0. The number of ketones is 1. The highest BCUT2D eigenvalue weighted by molar-refractivity contribution is 5.98. The summed E-state index contributed by atoms with van der Waals surface area (Å²) >= 11 is 0. The smallest absolute Gasteiger partial charge is 0.167 e. The molecule has 1 heterocycles. The average Bonchev–Trinajstić information content (AvgIpc) is 2.37. The molecule has 0 aliphatic carbocycles. The van der Waals surface area contributed by atoms with Gasteiger partial charge in [-0.05, 0) is 38.1 Å². The van der Waals surface area contributed by atoms with Crippen LogP contribution in [0.2, 0.25) is 0 Å². The van der Waals surface area contributed by atoms with Crippen LogP contribution in [0.15, 0.2) is 18.2 Å². The minimum Gasteiger partial charge on any atom is -0.508 e. The lowest BCUT2D eigenvalue weighted by Crippen LogP contribution is -2.31. The Balaban J connectivity index is 1.90. The molecular formula is C14H19NO3. The Labute approximate surface area is 107 Å². The number of phenols is 2. The molecular weight excluding hydrogens is 230 g/mol. The molecule has 1 fully saturated rings. The van der Waals surface area contributed by atoms with Gasteiger partial charge in [0, 0.05) is 19.0 Å². The van der Waals surface area contributed by atoms with E-state index in [0.717, 1.165) is 19.6 Å². The summed E-state index contributed by atoms with van der Waals surface area (Å²) in [6.07, 6.45) is 4.11. The van der Waals surface area contributed by atoms with Crippen LogP contribution in [0.1, 0.15) is 36.0 Å². The first-order valence-electron chi connectivity index (χ1n) is 6.44. The van der Waals surface area contributed by atoms with Crippen molar-refractivity contribution in [2.24, 2.45) is 0 Å². The number of aromatic hydroxyl groups is 2. The van der Waals surface area contributed by atoms with Gasteiger partial charge in [-0.3, -0.25) is 4.79 Å². The number of phenolic OH excluding ortho intramolecular Hbond substituents is 2. The molecule has 2 rings (SSSR count). The van der Waals surface area contributed by atoms with E-state index < -0.39 is 0 Å². The normalized spacial score (nSPS) is 16.7. The van der Waals surface area contributed by atoms with Crippen molar-refractivity contribution in [1.82, 2.24) is 4.90 Å². The van der Waals surface area contributed by atoms with Crippen LogP contribution in [0.3, 0.4) is 0 Å². The highest BCUT2D eigenvalue weighted by Crippen LogP contribution is 2.23. The molecule has 1 aromatic carbocycles. The SMILES string of the molecule is O=C(CCN1CCCCC1)c1ccc(O)cc1O. The van der Waals surface area contributed by atoms with Crippen LogP contribution in [0.25, 0.3) is 0 Å². The number of benzene rings is 1. The van der Waals surface area contributed by atoms with Crippen LogP contribution in [-0.2, 0) is 0 Å². The number of carbonyl (C=O) groups excluding carboxylic acids is 1. The molecule has 0 amide bonds. The summed E-state index contributed by atoms with van der Waals surface area (Å²) in [5, 5.41) is 18.8. The maximum absolute atomic E-state index is 12.0. The van der Waals surface area contributed by atoms with Gasteiger partial charge in [0.05, 0.1) is 5.56 Å². The molecule has 1 aliphatic rings. The average molecular weight is 249 g/mol. The predicted molar refractivity (Wildman–Crippen MR) is 69.0 cm³/mol. The van der Waals surface area contributed by atoms with Gasteiger partial charge in [-0.15, -0.1) is 0 Å². The Kier molecular flexibility index (Phi) is 4.20. The highest BCUT2D eigenvalue weighted by atomic mass is 16.3. The Morgan fingerprint density at radius 2 is 1.89 bits per heavy atom. The third kappa shape index (κ3) is 3.23. The Morgan fingerprint density at radius 1 is 1.17 bits per heavy atom. The number of piperidine rings is 1. The molecule has 1 aromatic rings. The van der Waals surface area contributed by atoms with E-state index in [1.54, 1.807) is 0 Å². The summed E-state index contributed by atoms with van der Waals surface area (Å²) in [6.45, 7) is 2.88. The first-order valence-corrected chi connectivity index (χ1v) is 6.44. The number of hydrogen-bond donors (Lipinski definition) is 2. The van der Waals surface area contributed by atoms with Gasteiger partial charge < -0.3 is 15.1 Å². The van der Waals surface area contributed by atoms with Crippen molar-refractivity contribution >= 4 is 5.78 Å². The number of nitrogens with zero attached hydrogens (tertiary/aromatic N) is 1. The molecule has 0 saturated carbocycles. The van der Waals surface area contributed by atoms with Crippen molar-refractivity contribution in [2.75, 3.05) is 19.6 Å². The van der Waals surface area contributed by atoms with Gasteiger partial charge in [0.25, 0.3) is 0 Å². The molecule has 98 valence electrons. The van der Waals surface area contributed by atoms with Crippen molar-refractivity contribution in [3.63, 3.8) is 0 Å². The molecule has 4 heteroatoms. The Morgan fingerprint density at radius 3 is 2.56 bits per heavy atom. The Hall–Kier alpha value is -1.55. The van der Waals surface area contributed by atoms with Gasteiger partial charge in [0.2, 0.25) is 0 Å². The van der Waals surface area contributed by atoms with Gasteiger partial charge in [-0.25, -0.2) is 0 Å². The van der Waals surface area contributed by atoms with Crippen LogP contribution in [-0.4, -0.2) is 40.5 Å². The third-order valence-electron chi connectivity index (χ3n) is 3.39. The minimum absolute atomic E-state index is 0.0277. The van der Waals surface area contributed by atoms with Crippen molar-refractivity contribution in [3.05, 3.63) is 23.8 Å². The lowest BCUT2D eigenvalue weighted by Gasteiger charge is -2.25. The molecule has 0 atom stereocenters. The Bertz CT molecular complexity index is 425. The molecule has 0 unspecified atom stereocenters. The van der Waals surface area contributed by atoms with E-state index in [9.17, 15) is 15.0 Å². The zero-order valence-electron chi connectivity index (χ0n) is 10.4. The van der Waals surface area contributed by atoms with E-state index in [-0.39, 0.29) is 17.3 Å². The van der Waals surface area contributed by atoms with E-state index in [0.29, 0.717) is 12.0 Å². The number of likely N-dealkylation sites (tertiary alicyclic amines) is 1. The standard InChI is InChI=1S/C14H19NO3/c16-11-4-5-12(14(18)10-11)13(17)6-9-15-7-2-1-3-8-15/h4-5,10,16,18H,1-3,6-9H2. The molecule has 18 heavy (non-hydrogen) atoms. The minimum atomic E-state index is -0.140. The van der Waals surface area contributed by atoms with Crippen LogP contribution >= 0.6 is 0 Å². The summed E-state index contributed by atoms with van der Waals surface area (Å²) < 4.78 is 0. The van der Waals surface area contributed by atoms with Gasteiger partial charge >= 0.3 is 0 Å². The maximum Gasteiger partial charge on any atom is 0.167 e. The highest BCUT2D eigenvalue weighted by Gasteiger charge is 2.15. The van der Waals surface area contributed by atoms with E-state index in [1.807, 2.05) is 0 Å². The van der Waals surface area contributed by atoms with Crippen molar-refractivity contribution in [1.29, 1.82) is 0 Å². The lowest BCUT2D eigenvalue weighted by atomic mass is 10.1. The fourth-order valence-electron chi connectivity index (χ4n) is 2.33. The van der Waals surface area contributed by atoms with Crippen LogP contribution < -0.4 is 0 Å². The second-order valence-corrected chi connectivity index (χ2v) is 4.78. The first-order chi connectivity index (χ1) is 8.66. The summed E-state index contributed by atoms with van der Waals surface area (Å²) in [4.78, 5) is 14.2. The van der Waals surface area contributed by atoms with Crippen LogP contribution in [0, 0.1) is 0 Å². The second kappa shape index (κ2) is 5.87. The molecule has 0 bridgehead atoms. The van der Waals surface area contributed by atoms with E-state index in [2.05, 4.69) is 4.90 Å². The van der Waals surface area contributed by atoms with Gasteiger partial charge in [0.1, 0.15) is 11.5 Å². The van der Waals surface area contributed by atoms with Gasteiger partial charge in [-0.1, -0.05) is 6.42 Å². The monoisotopic (exact) mass is 249 g/mol. The predicted octanol–water partition coefficient (Wildman–Crippen LogP) is 2.16. The van der Waals surface area contributed by atoms with Gasteiger partial charge in [-0.2, -0.15) is 0 Å². The summed E-state index contributed by atoms with van der Waals surface area (Å²) in [7, 11) is 0. The zero-order chi connectivity index (χ0) is 13.0. The fraction of sp³-hybridized carbons (Fsp3) is 0.500. The first kappa shape index (κ1) is 12.9. The second-order valence-electron chi connectivity index (χ2n) is 4.78. The number of Topliss-reactive ketones (excluding diaryl/α,β-unsaturated/α-hetero) is 1. The van der Waals surface area contributed by atoms with Crippen molar-refractivity contribution in [3.8, 4) is 11.5 Å². The molecule has 0 radical (unpaired) electrons. The van der Waals surface area contributed by atoms with Crippen LogP contribution in [0.4, 0.5) is 0 Å². The molecule has 0 aromatic heterocycles. The number of carbonyl (C=O) groups is 1. The number of rotatable bonds is 4. The quantitative estimate of drug-likeness (QED) is 0.803. The van der Waals surface area contributed by atoms with Gasteiger partial charge in [0.15, 0.2) is 5.78 Å². The summed E-state index contributed by atoms with van der Waals surface area (Å²) in [6, 6.07) is 4.10. The van der Waals surface area contributed by atoms with E-state index >= 15 is 0 Å². The third-order valence-corrected chi connectivity index (χ3v) is 3.39. The zero-order valence-corrected chi connectivity index (χ0v) is 10.4. The molecule has 4 nitrogen and oxygen atoms in total. The summed E-state index contributed by atoms with van der Waals surface area (Å²) in [5.41, 5.74) is 0.296. The molecule has 1 aliphatic heterocycles. The largest absolute Gasteiger partial charge is 0.508 e. The van der Waals surface area contributed by atoms with E-state index in [1.165, 1.54) is 37.5 Å². The van der Waals surface area contributed by atoms with E-state index in [4.69, 9.17) is 0 Å². The van der Waals surface area contributed by atoms with Crippen molar-refractivity contribution in [2.45, 2.75) is 25.7 Å². The van der Waals surface area contributed by atoms with Crippen LogP contribution in [0.5, 0.6) is 11.5 Å². The summed E-state index contributed by atoms with van der Waals surface area (Å²) in [5.74, 6) is -0.239. The fourth-order valence-corrected chi connectivity index (χ4v) is 2.33. The topological polar surface area (TPSA) is 60.8 Å². The molecule has 2 N–H and O–H groups in total. The molecule has 1 saturated heterocycles. The number of hydrogen-bond acceptors (Lipinski definition) is 4.